The fourth-order valence-electron chi connectivity index (χ4n) is 3.05. The maximum absolute atomic E-state index is 13.2. The summed E-state index contributed by atoms with van der Waals surface area (Å²) in [5.41, 5.74) is 1.55. The van der Waals surface area contributed by atoms with E-state index in [1.54, 1.807) is 16.7 Å². The molecule has 2 aromatic carbocycles. The van der Waals surface area contributed by atoms with Crippen LogP contribution >= 0.6 is 11.8 Å². The summed E-state index contributed by atoms with van der Waals surface area (Å²) in [6.45, 7) is 0. The van der Waals surface area contributed by atoms with Gasteiger partial charge in [0.05, 0.1) is 12.5 Å². The number of amides is 1. The van der Waals surface area contributed by atoms with E-state index in [-0.39, 0.29) is 11.3 Å². The molecule has 0 N–H and O–H groups in total. The molecule has 0 aromatic heterocycles. The van der Waals surface area contributed by atoms with E-state index >= 15 is 0 Å². The van der Waals surface area contributed by atoms with Gasteiger partial charge in [0, 0.05) is 11.3 Å². The van der Waals surface area contributed by atoms with Crippen LogP contribution < -0.4 is 0 Å². The van der Waals surface area contributed by atoms with Gasteiger partial charge in [-0.3, -0.25) is 4.79 Å². The van der Waals surface area contributed by atoms with Crippen molar-refractivity contribution in [2.75, 3.05) is 12.9 Å². The van der Waals surface area contributed by atoms with Gasteiger partial charge in [-0.25, -0.2) is 9.18 Å². The summed E-state index contributed by atoms with van der Waals surface area (Å²) in [6, 6.07) is 14.8. The standard InChI is InChI=1S/C20H20FNO3S/c1-25-20(24)17-13-26-18(12-7-14-5-3-2-4-6-14)22(17)19(23)15-8-10-16(21)11-9-15/h2-6,8-11,17-18H,7,12-13H2,1H3. The number of carbonyl (C=O) groups excluding carboxylic acids is 2. The number of methoxy groups -OCH3 is 1. The Labute approximate surface area is 156 Å². The van der Waals surface area contributed by atoms with Crippen molar-refractivity contribution in [3.63, 3.8) is 0 Å². The van der Waals surface area contributed by atoms with Crippen LogP contribution in [0.15, 0.2) is 54.6 Å². The van der Waals surface area contributed by atoms with E-state index in [9.17, 15) is 14.0 Å². The molecule has 6 heteroatoms. The van der Waals surface area contributed by atoms with Gasteiger partial charge in [-0.2, -0.15) is 0 Å². The van der Waals surface area contributed by atoms with E-state index in [0.717, 1.165) is 12.8 Å². The Bertz CT molecular complexity index is 766. The number of halogens is 1. The molecule has 136 valence electrons. The van der Waals surface area contributed by atoms with Crippen molar-refractivity contribution in [1.82, 2.24) is 4.90 Å². The van der Waals surface area contributed by atoms with Gasteiger partial charge in [-0.15, -0.1) is 11.8 Å². The molecule has 0 saturated carbocycles. The highest BCUT2D eigenvalue weighted by molar-refractivity contribution is 8.00. The van der Waals surface area contributed by atoms with Crippen LogP contribution in [0.4, 0.5) is 4.39 Å². The van der Waals surface area contributed by atoms with Crippen molar-refractivity contribution < 1.29 is 18.7 Å². The van der Waals surface area contributed by atoms with E-state index in [0.29, 0.717) is 11.3 Å². The molecule has 2 atom stereocenters. The van der Waals surface area contributed by atoms with E-state index < -0.39 is 17.8 Å². The molecule has 0 aliphatic carbocycles. The third kappa shape index (κ3) is 4.07. The second kappa shape index (κ2) is 8.36. The number of hydrogen-bond acceptors (Lipinski definition) is 4. The van der Waals surface area contributed by atoms with Crippen LogP contribution in [0.5, 0.6) is 0 Å². The largest absolute Gasteiger partial charge is 0.467 e. The maximum Gasteiger partial charge on any atom is 0.329 e. The van der Waals surface area contributed by atoms with Crippen molar-refractivity contribution in [3.05, 3.63) is 71.5 Å². The van der Waals surface area contributed by atoms with Gasteiger partial charge in [0.1, 0.15) is 11.9 Å². The fraction of sp³-hybridized carbons (Fsp3) is 0.300. The molecule has 1 aliphatic heterocycles. The Kier molecular flexibility index (Phi) is 5.93. The van der Waals surface area contributed by atoms with Crippen LogP contribution in [-0.2, 0) is 16.0 Å². The zero-order valence-corrected chi connectivity index (χ0v) is 15.2. The average Bonchev–Trinajstić information content (AvgIpc) is 3.10. The van der Waals surface area contributed by atoms with Crippen molar-refractivity contribution in [1.29, 1.82) is 0 Å². The number of esters is 1. The summed E-state index contributed by atoms with van der Waals surface area (Å²) < 4.78 is 18.0. The number of aryl methyl sites for hydroxylation is 1. The van der Waals surface area contributed by atoms with Crippen LogP contribution in [0.1, 0.15) is 22.3 Å². The number of ether oxygens (including phenoxy) is 1. The Balaban J connectivity index is 1.80. The average molecular weight is 373 g/mol. The number of benzene rings is 2. The lowest BCUT2D eigenvalue weighted by Crippen LogP contribution is -2.46. The Morgan fingerprint density at radius 2 is 1.85 bits per heavy atom. The number of hydrogen-bond donors (Lipinski definition) is 0. The highest BCUT2D eigenvalue weighted by Crippen LogP contribution is 2.34. The third-order valence-electron chi connectivity index (χ3n) is 4.41. The first kappa shape index (κ1) is 18.5. The van der Waals surface area contributed by atoms with Crippen LogP contribution in [0.2, 0.25) is 0 Å². The molecule has 0 spiro atoms. The molecular weight excluding hydrogens is 353 g/mol. The molecule has 1 aliphatic rings. The molecule has 3 rings (SSSR count). The molecule has 4 nitrogen and oxygen atoms in total. The number of rotatable bonds is 5. The number of carbonyl (C=O) groups is 2. The number of thioether (sulfide) groups is 1. The van der Waals surface area contributed by atoms with Crippen molar-refractivity contribution >= 4 is 23.6 Å². The van der Waals surface area contributed by atoms with Crippen LogP contribution in [0.25, 0.3) is 0 Å². The first-order valence-corrected chi connectivity index (χ1v) is 9.46. The summed E-state index contributed by atoms with van der Waals surface area (Å²) in [5, 5.41) is -0.128. The minimum atomic E-state index is -0.622. The predicted octanol–water partition coefficient (Wildman–Crippen LogP) is 3.52. The molecule has 1 fully saturated rings. The zero-order valence-electron chi connectivity index (χ0n) is 14.4. The van der Waals surface area contributed by atoms with Crippen LogP contribution in [0, 0.1) is 5.82 Å². The molecule has 1 amide bonds. The minimum Gasteiger partial charge on any atom is -0.467 e. The first-order chi connectivity index (χ1) is 12.6. The summed E-state index contributed by atoms with van der Waals surface area (Å²) >= 11 is 1.58. The lowest BCUT2D eigenvalue weighted by molar-refractivity contribution is -0.145. The normalized spacial score (nSPS) is 19.4. The Morgan fingerprint density at radius 1 is 1.15 bits per heavy atom. The molecule has 26 heavy (non-hydrogen) atoms. The maximum atomic E-state index is 13.2. The second-order valence-electron chi connectivity index (χ2n) is 6.07. The monoisotopic (exact) mass is 373 g/mol. The van der Waals surface area contributed by atoms with E-state index in [2.05, 4.69) is 0 Å². The molecule has 0 radical (unpaired) electrons. The molecule has 2 unspecified atom stereocenters. The van der Waals surface area contributed by atoms with Gasteiger partial charge in [0.2, 0.25) is 0 Å². The van der Waals surface area contributed by atoms with Gasteiger partial charge >= 0.3 is 5.97 Å². The molecular formula is C20H20FNO3S. The lowest BCUT2D eigenvalue weighted by Gasteiger charge is -2.28. The predicted molar refractivity (Wildman–Crippen MR) is 99.4 cm³/mol. The van der Waals surface area contributed by atoms with Gasteiger partial charge in [-0.1, -0.05) is 30.3 Å². The topological polar surface area (TPSA) is 46.6 Å². The Morgan fingerprint density at radius 3 is 2.50 bits per heavy atom. The number of nitrogens with zero attached hydrogens (tertiary/aromatic N) is 1. The first-order valence-electron chi connectivity index (χ1n) is 8.41. The lowest BCUT2D eigenvalue weighted by atomic mass is 10.1. The smallest absolute Gasteiger partial charge is 0.329 e. The highest BCUT2D eigenvalue weighted by Gasteiger charge is 2.42. The van der Waals surface area contributed by atoms with Crippen molar-refractivity contribution in [2.45, 2.75) is 24.3 Å². The van der Waals surface area contributed by atoms with Crippen LogP contribution in [0.3, 0.4) is 0 Å². The quantitative estimate of drug-likeness (QED) is 0.753. The third-order valence-corrected chi connectivity index (χ3v) is 5.77. The van der Waals surface area contributed by atoms with Crippen molar-refractivity contribution in [3.8, 4) is 0 Å². The van der Waals surface area contributed by atoms with Crippen LogP contribution in [-0.4, -0.2) is 41.1 Å². The van der Waals surface area contributed by atoms with Gasteiger partial charge in [0.25, 0.3) is 5.91 Å². The van der Waals surface area contributed by atoms with E-state index in [1.165, 1.54) is 36.9 Å². The highest BCUT2D eigenvalue weighted by atomic mass is 32.2. The fourth-order valence-corrected chi connectivity index (χ4v) is 4.44. The van der Waals surface area contributed by atoms with Gasteiger partial charge in [-0.05, 0) is 42.7 Å². The second-order valence-corrected chi connectivity index (χ2v) is 7.28. The summed E-state index contributed by atoms with van der Waals surface area (Å²) in [5.74, 6) is -0.597. The summed E-state index contributed by atoms with van der Waals surface area (Å²) in [4.78, 5) is 26.7. The summed E-state index contributed by atoms with van der Waals surface area (Å²) in [6.07, 6.45) is 1.54. The molecule has 1 saturated heterocycles. The molecule has 1 heterocycles. The van der Waals surface area contributed by atoms with Gasteiger partial charge in [0.15, 0.2) is 0 Å². The molecule has 0 bridgehead atoms. The van der Waals surface area contributed by atoms with Crippen molar-refractivity contribution in [2.24, 2.45) is 0 Å². The van der Waals surface area contributed by atoms with E-state index in [1.807, 2.05) is 30.3 Å². The zero-order chi connectivity index (χ0) is 18.5. The SMILES string of the molecule is COC(=O)C1CSC(CCc2ccccc2)N1C(=O)c1ccc(F)cc1. The molecule has 2 aromatic rings. The van der Waals surface area contributed by atoms with Gasteiger partial charge < -0.3 is 9.64 Å². The van der Waals surface area contributed by atoms with E-state index in [4.69, 9.17) is 4.74 Å². The minimum absolute atomic E-state index is 0.128. The Hall–Kier alpha value is -2.34. The summed E-state index contributed by atoms with van der Waals surface area (Å²) in [7, 11) is 1.32.